The predicted molar refractivity (Wildman–Crippen MR) is 166 cm³/mol. The van der Waals surface area contributed by atoms with Crippen LogP contribution in [0.2, 0.25) is 0 Å². The van der Waals surface area contributed by atoms with Crippen molar-refractivity contribution in [3.05, 3.63) is 70.3 Å². The van der Waals surface area contributed by atoms with Crippen LogP contribution in [-0.2, 0) is 32.9 Å². The molecule has 0 unspecified atom stereocenters. The molecule has 0 aromatic heterocycles. The van der Waals surface area contributed by atoms with E-state index in [9.17, 15) is 9.90 Å². The standard InChI is InChI=1S/C36H54O3/c1-14-30(37)39-32-25(21-27(34(8,9)16-3)23-29(32)36(12,13)18-5)19-24-20-26(33(6,7)15-2)22-28(31(24)38)35(10,11)17-4/h14,20-23,38H,1,15-19H2,2-13H3. The highest BCUT2D eigenvalue weighted by molar-refractivity contribution is 5.84. The van der Waals surface area contributed by atoms with Gasteiger partial charge in [0.05, 0.1) is 0 Å². The fourth-order valence-electron chi connectivity index (χ4n) is 4.71. The number of aromatic hydroxyl groups is 1. The van der Waals surface area contributed by atoms with Crippen LogP contribution in [0.4, 0.5) is 0 Å². The number of carbonyl (C=O) groups excluding carboxylic acids is 1. The lowest BCUT2D eigenvalue weighted by atomic mass is 9.73. The van der Waals surface area contributed by atoms with Gasteiger partial charge in [0, 0.05) is 29.2 Å². The van der Waals surface area contributed by atoms with E-state index in [1.807, 2.05) is 0 Å². The molecule has 2 aromatic carbocycles. The highest BCUT2D eigenvalue weighted by Crippen LogP contribution is 2.45. The minimum atomic E-state index is -0.468. The zero-order valence-electron chi connectivity index (χ0n) is 26.9. The van der Waals surface area contributed by atoms with Crippen molar-refractivity contribution in [2.45, 2.75) is 137 Å². The average Bonchev–Trinajstić information content (AvgIpc) is 2.89. The Labute approximate surface area is 239 Å². The van der Waals surface area contributed by atoms with Crippen LogP contribution in [0.25, 0.3) is 0 Å². The molecule has 216 valence electrons. The molecule has 0 amide bonds. The summed E-state index contributed by atoms with van der Waals surface area (Å²) in [7, 11) is 0. The molecule has 0 aliphatic rings. The Morgan fingerprint density at radius 3 is 1.56 bits per heavy atom. The summed E-state index contributed by atoms with van der Waals surface area (Å²) in [5, 5.41) is 11.7. The molecule has 2 aromatic rings. The molecule has 0 aliphatic heterocycles. The lowest BCUT2D eigenvalue weighted by Gasteiger charge is -2.33. The number of benzene rings is 2. The maximum absolute atomic E-state index is 12.6. The summed E-state index contributed by atoms with van der Waals surface area (Å²) >= 11 is 0. The van der Waals surface area contributed by atoms with E-state index >= 15 is 0 Å². The van der Waals surface area contributed by atoms with Gasteiger partial charge in [0.15, 0.2) is 0 Å². The van der Waals surface area contributed by atoms with Crippen molar-refractivity contribution in [1.29, 1.82) is 0 Å². The highest BCUT2D eigenvalue weighted by atomic mass is 16.5. The van der Waals surface area contributed by atoms with E-state index in [2.05, 4.69) is 114 Å². The van der Waals surface area contributed by atoms with E-state index in [0.717, 1.165) is 47.9 Å². The van der Waals surface area contributed by atoms with E-state index in [0.29, 0.717) is 17.9 Å². The molecule has 0 fully saturated rings. The van der Waals surface area contributed by atoms with E-state index in [4.69, 9.17) is 4.74 Å². The van der Waals surface area contributed by atoms with E-state index in [1.54, 1.807) is 0 Å². The molecule has 3 heteroatoms. The summed E-state index contributed by atoms with van der Waals surface area (Å²) in [5.74, 6) is 0.470. The Morgan fingerprint density at radius 2 is 1.13 bits per heavy atom. The molecule has 39 heavy (non-hydrogen) atoms. The Kier molecular flexibility index (Phi) is 9.97. The fraction of sp³-hybridized carbons (Fsp3) is 0.583. The third-order valence-electron chi connectivity index (χ3n) is 9.66. The molecular weight excluding hydrogens is 480 g/mol. The van der Waals surface area contributed by atoms with Gasteiger partial charge in [0.2, 0.25) is 0 Å². The molecular formula is C36H54O3. The van der Waals surface area contributed by atoms with E-state index in [1.165, 1.54) is 17.2 Å². The zero-order valence-corrected chi connectivity index (χ0v) is 26.9. The van der Waals surface area contributed by atoms with Crippen LogP contribution in [0.15, 0.2) is 36.9 Å². The minimum absolute atomic E-state index is 0.0411. The summed E-state index contributed by atoms with van der Waals surface area (Å²) in [6, 6.07) is 8.78. The molecule has 0 heterocycles. The number of carbonyl (C=O) groups is 1. The normalized spacial score (nSPS) is 12.9. The Bertz CT molecular complexity index is 1190. The minimum Gasteiger partial charge on any atom is -0.507 e. The SMILES string of the molecule is C=CC(=O)Oc1c(Cc2cc(C(C)(C)CC)cc(C(C)(C)CC)c2O)cc(C(C)(C)CC)cc1C(C)(C)CC. The van der Waals surface area contributed by atoms with Gasteiger partial charge in [0.1, 0.15) is 11.5 Å². The first kappa shape index (κ1) is 32.7. The molecule has 0 saturated carbocycles. The first-order chi connectivity index (χ1) is 17.9. The molecule has 3 nitrogen and oxygen atoms in total. The topological polar surface area (TPSA) is 46.5 Å². The largest absolute Gasteiger partial charge is 0.507 e. The molecule has 0 radical (unpaired) electrons. The number of phenolic OH excluding ortho intramolecular Hbond substituents is 1. The molecule has 0 spiro atoms. The molecule has 0 bridgehead atoms. The fourth-order valence-corrected chi connectivity index (χ4v) is 4.71. The van der Waals surface area contributed by atoms with E-state index < -0.39 is 5.97 Å². The number of ether oxygens (including phenoxy) is 1. The van der Waals surface area contributed by atoms with Crippen LogP contribution in [-0.4, -0.2) is 11.1 Å². The van der Waals surface area contributed by atoms with Crippen LogP contribution >= 0.6 is 0 Å². The summed E-state index contributed by atoms with van der Waals surface area (Å²) < 4.78 is 6.03. The summed E-state index contributed by atoms with van der Waals surface area (Å²) in [4.78, 5) is 12.6. The van der Waals surface area contributed by atoms with Crippen LogP contribution in [0.3, 0.4) is 0 Å². The number of rotatable bonds is 12. The first-order valence-corrected chi connectivity index (χ1v) is 14.8. The van der Waals surface area contributed by atoms with Crippen molar-refractivity contribution in [1.82, 2.24) is 0 Å². The number of hydrogen-bond acceptors (Lipinski definition) is 3. The lowest BCUT2D eigenvalue weighted by Crippen LogP contribution is -2.23. The second-order valence-electron chi connectivity index (χ2n) is 13.8. The predicted octanol–water partition coefficient (Wildman–Crippen LogP) is 9.82. The van der Waals surface area contributed by atoms with Gasteiger partial charge in [0.25, 0.3) is 0 Å². The summed E-state index contributed by atoms with van der Waals surface area (Å²) in [5.41, 5.74) is 5.73. The van der Waals surface area contributed by atoms with E-state index in [-0.39, 0.29) is 21.7 Å². The molecule has 0 aliphatic carbocycles. The summed E-state index contributed by atoms with van der Waals surface area (Å²) in [6.45, 7) is 30.2. The zero-order chi connectivity index (χ0) is 30.0. The number of hydrogen-bond donors (Lipinski definition) is 1. The smallest absolute Gasteiger partial charge is 0.335 e. The van der Waals surface area contributed by atoms with Gasteiger partial charge in [-0.05, 0) is 64.0 Å². The number of esters is 1. The van der Waals surface area contributed by atoms with Gasteiger partial charge in [-0.25, -0.2) is 4.79 Å². The van der Waals surface area contributed by atoms with Crippen molar-refractivity contribution in [2.75, 3.05) is 0 Å². The molecule has 0 atom stereocenters. The van der Waals surface area contributed by atoms with Crippen molar-refractivity contribution >= 4 is 5.97 Å². The molecule has 1 N–H and O–H groups in total. The number of phenols is 1. The van der Waals surface area contributed by atoms with Gasteiger partial charge in [-0.15, -0.1) is 0 Å². The van der Waals surface area contributed by atoms with Crippen LogP contribution in [0.5, 0.6) is 11.5 Å². The lowest BCUT2D eigenvalue weighted by molar-refractivity contribution is -0.129. The van der Waals surface area contributed by atoms with Gasteiger partial charge in [-0.1, -0.05) is 114 Å². The third kappa shape index (κ3) is 6.97. The van der Waals surface area contributed by atoms with Crippen molar-refractivity contribution in [3.8, 4) is 11.5 Å². The van der Waals surface area contributed by atoms with Gasteiger partial charge >= 0.3 is 5.97 Å². The Morgan fingerprint density at radius 1 is 0.718 bits per heavy atom. The molecule has 2 rings (SSSR count). The Hall–Kier alpha value is -2.55. The van der Waals surface area contributed by atoms with Gasteiger partial charge in [-0.3, -0.25) is 0 Å². The van der Waals surface area contributed by atoms with Crippen LogP contribution < -0.4 is 4.74 Å². The monoisotopic (exact) mass is 534 g/mol. The second kappa shape index (κ2) is 11.9. The van der Waals surface area contributed by atoms with Crippen LogP contribution in [0, 0.1) is 0 Å². The van der Waals surface area contributed by atoms with Crippen molar-refractivity contribution in [2.24, 2.45) is 0 Å². The van der Waals surface area contributed by atoms with Crippen LogP contribution in [0.1, 0.15) is 142 Å². The Balaban J connectivity index is 3.00. The summed E-state index contributed by atoms with van der Waals surface area (Å²) in [6.07, 6.45) is 5.45. The maximum atomic E-state index is 12.6. The van der Waals surface area contributed by atoms with Gasteiger partial charge < -0.3 is 9.84 Å². The average molecular weight is 535 g/mol. The quantitative estimate of drug-likeness (QED) is 0.167. The van der Waals surface area contributed by atoms with Crippen molar-refractivity contribution < 1.29 is 14.6 Å². The maximum Gasteiger partial charge on any atom is 0.335 e. The first-order valence-electron chi connectivity index (χ1n) is 14.8. The molecule has 0 saturated heterocycles. The van der Waals surface area contributed by atoms with Gasteiger partial charge in [-0.2, -0.15) is 0 Å². The third-order valence-corrected chi connectivity index (χ3v) is 9.66. The second-order valence-corrected chi connectivity index (χ2v) is 13.8. The van der Waals surface area contributed by atoms with Crippen molar-refractivity contribution in [3.63, 3.8) is 0 Å². The highest BCUT2D eigenvalue weighted by Gasteiger charge is 2.32.